The summed E-state index contributed by atoms with van der Waals surface area (Å²) in [6, 6.07) is 0. The van der Waals surface area contributed by atoms with Crippen LogP contribution in [-0.2, 0) is 28.6 Å². The van der Waals surface area contributed by atoms with Crippen LogP contribution in [0.3, 0.4) is 0 Å². The fraction of sp³-hybridized carbons (Fsp3) is 0.764. The van der Waals surface area contributed by atoms with E-state index in [2.05, 4.69) is 69.4 Å². The molecule has 0 aromatic rings. The molecule has 0 aromatic heterocycles. The van der Waals surface area contributed by atoms with E-state index >= 15 is 0 Å². The first kappa shape index (κ1) is 58.1. The van der Waals surface area contributed by atoms with Crippen molar-refractivity contribution in [3.8, 4) is 0 Å². The maximum atomic E-state index is 12.8. The van der Waals surface area contributed by atoms with Crippen molar-refractivity contribution in [1.29, 1.82) is 0 Å². The van der Waals surface area contributed by atoms with Gasteiger partial charge in [-0.05, 0) is 83.5 Å². The van der Waals surface area contributed by atoms with Crippen molar-refractivity contribution in [2.45, 2.75) is 258 Å². The molecule has 0 aliphatic heterocycles. The van der Waals surface area contributed by atoms with E-state index in [1.165, 1.54) is 154 Å². The number of unbranched alkanes of at least 4 members (excludes halogenated alkanes) is 26. The lowest BCUT2D eigenvalue weighted by Crippen LogP contribution is -2.30. The second-order valence-electron chi connectivity index (χ2n) is 17.1. The highest BCUT2D eigenvalue weighted by atomic mass is 16.6. The average Bonchev–Trinajstić information content (AvgIpc) is 3.26. The summed E-state index contributed by atoms with van der Waals surface area (Å²) in [5, 5.41) is 0. The summed E-state index contributed by atoms with van der Waals surface area (Å²) in [4.78, 5) is 37.8. The predicted molar refractivity (Wildman–Crippen MR) is 261 cm³/mol. The van der Waals surface area contributed by atoms with Crippen molar-refractivity contribution >= 4 is 17.9 Å². The number of esters is 3. The van der Waals surface area contributed by atoms with Crippen LogP contribution in [0.1, 0.15) is 252 Å². The summed E-state index contributed by atoms with van der Waals surface area (Å²) >= 11 is 0. The molecule has 352 valence electrons. The molecule has 1 atom stereocenters. The number of rotatable bonds is 46. The Hall–Kier alpha value is -2.89. The summed E-state index contributed by atoms with van der Waals surface area (Å²) in [5.74, 6) is -1.04. The molecular weight excluding hydrogens is 757 g/mol. The van der Waals surface area contributed by atoms with E-state index in [-0.39, 0.29) is 31.6 Å². The number of carbonyl (C=O) groups excluding carboxylic acids is 3. The van der Waals surface area contributed by atoms with Gasteiger partial charge in [0.05, 0.1) is 6.42 Å². The zero-order valence-electron chi connectivity index (χ0n) is 40.2. The molecule has 0 N–H and O–H groups in total. The molecule has 0 saturated carbocycles. The van der Waals surface area contributed by atoms with Gasteiger partial charge >= 0.3 is 17.9 Å². The van der Waals surface area contributed by atoms with Gasteiger partial charge in [-0.3, -0.25) is 14.4 Å². The van der Waals surface area contributed by atoms with Crippen molar-refractivity contribution in [3.63, 3.8) is 0 Å². The highest BCUT2D eigenvalue weighted by Gasteiger charge is 2.19. The number of carbonyl (C=O) groups is 3. The molecule has 0 fully saturated rings. The van der Waals surface area contributed by atoms with Crippen LogP contribution in [0.4, 0.5) is 0 Å². The summed E-state index contributed by atoms with van der Waals surface area (Å²) in [6.45, 7) is 6.42. The third-order valence-electron chi connectivity index (χ3n) is 11.0. The first-order valence-corrected chi connectivity index (χ1v) is 25.8. The smallest absolute Gasteiger partial charge is 0.309 e. The van der Waals surface area contributed by atoms with Crippen LogP contribution < -0.4 is 0 Å². The Bertz CT molecular complexity index is 1120. The molecule has 0 spiro atoms. The maximum absolute atomic E-state index is 12.8. The third kappa shape index (κ3) is 48.0. The van der Waals surface area contributed by atoms with Gasteiger partial charge in [-0.15, -0.1) is 0 Å². The van der Waals surface area contributed by atoms with E-state index < -0.39 is 12.1 Å². The van der Waals surface area contributed by atoms with Crippen molar-refractivity contribution in [1.82, 2.24) is 0 Å². The van der Waals surface area contributed by atoms with Crippen LogP contribution in [0.2, 0.25) is 0 Å². The molecule has 0 saturated heterocycles. The lowest BCUT2D eigenvalue weighted by atomic mass is 10.1. The van der Waals surface area contributed by atoms with Crippen molar-refractivity contribution in [2.75, 3.05) is 13.2 Å². The van der Waals surface area contributed by atoms with Gasteiger partial charge in [0.15, 0.2) is 6.10 Å². The summed E-state index contributed by atoms with van der Waals surface area (Å²) in [5.41, 5.74) is 0. The van der Waals surface area contributed by atoms with Crippen LogP contribution in [0.5, 0.6) is 0 Å². The standard InChI is InChI=1S/C55H96O6/c1-4-7-10-13-16-19-21-23-25-27-29-31-33-36-39-42-45-48-54(57)60-51-52(50-59-53(56)47-44-41-38-35-18-15-12-9-6-3)61-55(58)49-46-43-40-37-34-32-30-28-26-24-22-20-17-14-11-8-5-2/h9,12,18,23-26,35,41,44,52H,4-8,10-11,13-17,19-22,27-34,36-40,42-43,45-51H2,1-3H3/b12-9-,25-23-,26-24-,35-18-,44-41-. The highest BCUT2D eigenvalue weighted by Crippen LogP contribution is 2.14. The summed E-state index contributed by atoms with van der Waals surface area (Å²) in [6.07, 6.45) is 61.0. The van der Waals surface area contributed by atoms with E-state index in [1.807, 2.05) is 6.08 Å². The molecule has 0 amide bonds. The Morgan fingerprint density at radius 3 is 1.13 bits per heavy atom. The Morgan fingerprint density at radius 1 is 0.361 bits per heavy atom. The highest BCUT2D eigenvalue weighted by molar-refractivity contribution is 5.72. The van der Waals surface area contributed by atoms with Gasteiger partial charge < -0.3 is 14.2 Å². The fourth-order valence-electron chi connectivity index (χ4n) is 7.14. The second kappa shape index (κ2) is 49.8. The van der Waals surface area contributed by atoms with Crippen LogP contribution >= 0.6 is 0 Å². The molecule has 6 nitrogen and oxygen atoms in total. The minimum Gasteiger partial charge on any atom is -0.462 e. The molecule has 0 rings (SSSR count). The zero-order chi connectivity index (χ0) is 44.4. The van der Waals surface area contributed by atoms with Crippen LogP contribution in [-0.4, -0.2) is 37.2 Å². The third-order valence-corrected chi connectivity index (χ3v) is 11.0. The van der Waals surface area contributed by atoms with E-state index in [0.29, 0.717) is 12.8 Å². The van der Waals surface area contributed by atoms with Crippen molar-refractivity contribution < 1.29 is 28.6 Å². The lowest BCUT2D eigenvalue weighted by Gasteiger charge is -2.18. The van der Waals surface area contributed by atoms with Crippen LogP contribution in [0.15, 0.2) is 60.8 Å². The number of hydrogen-bond acceptors (Lipinski definition) is 6. The zero-order valence-corrected chi connectivity index (χ0v) is 40.2. The van der Waals surface area contributed by atoms with Crippen molar-refractivity contribution in [3.05, 3.63) is 60.8 Å². The Labute approximate surface area is 377 Å². The fourth-order valence-corrected chi connectivity index (χ4v) is 7.14. The molecule has 0 aliphatic carbocycles. The van der Waals surface area contributed by atoms with Gasteiger partial charge in [0.25, 0.3) is 0 Å². The normalized spacial score (nSPS) is 12.5. The first-order valence-electron chi connectivity index (χ1n) is 25.8. The minimum atomic E-state index is -0.811. The molecule has 0 aliphatic rings. The molecule has 6 heteroatoms. The van der Waals surface area contributed by atoms with Crippen molar-refractivity contribution in [2.24, 2.45) is 0 Å². The molecule has 0 aromatic carbocycles. The van der Waals surface area contributed by atoms with Gasteiger partial charge in [0.2, 0.25) is 0 Å². The number of allylic oxidation sites excluding steroid dienone is 9. The van der Waals surface area contributed by atoms with Crippen LogP contribution in [0, 0.1) is 0 Å². The summed E-state index contributed by atoms with van der Waals surface area (Å²) < 4.78 is 16.7. The topological polar surface area (TPSA) is 78.9 Å². The Kier molecular flexibility index (Phi) is 47.4. The van der Waals surface area contributed by atoms with Gasteiger partial charge in [0.1, 0.15) is 13.2 Å². The lowest BCUT2D eigenvalue weighted by molar-refractivity contribution is -0.166. The predicted octanol–water partition coefficient (Wildman–Crippen LogP) is 16.9. The molecule has 0 radical (unpaired) electrons. The van der Waals surface area contributed by atoms with Gasteiger partial charge in [-0.1, -0.05) is 210 Å². The average molecular weight is 853 g/mol. The maximum Gasteiger partial charge on any atom is 0.309 e. The van der Waals surface area contributed by atoms with Gasteiger partial charge in [-0.2, -0.15) is 0 Å². The number of hydrogen-bond donors (Lipinski definition) is 0. The molecule has 0 bridgehead atoms. The molecular formula is C55H96O6. The Morgan fingerprint density at radius 2 is 0.705 bits per heavy atom. The molecule has 0 heterocycles. The van der Waals surface area contributed by atoms with E-state index in [4.69, 9.17) is 14.2 Å². The second-order valence-corrected chi connectivity index (χ2v) is 17.1. The van der Waals surface area contributed by atoms with Crippen LogP contribution in [0.25, 0.3) is 0 Å². The Balaban J connectivity index is 4.36. The molecule has 61 heavy (non-hydrogen) atoms. The SMILES string of the molecule is CC/C=C\C/C=C\C/C=C\CC(=O)OCC(COC(=O)CCCCCCCCC/C=C\CCCCCCCC)OC(=O)CCCCCCCCC/C=C\CCCCCCCC. The van der Waals surface area contributed by atoms with Gasteiger partial charge in [0, 0.05) is 12.8 Å². The van der Waals surface area contributed by atoms with E-state index in [9.17, 15) is 14.4 Å². The largest absolute Gasteiger partial charge is 0.462 e. The van der Waals surface area contributed by atoms with E-state index in [1.54, 1.807) is 6.08 Å². The quantitative estimate of drug-likeness (QED) is 0.0263. The molecule has 1 unspecified atom stereocenters. The summed E-state index contributed by atoms with van der Waals surface area (Å²) in [7, 11) is 0. The van der Waals surface area contributed by atoms with E-state index in [0.717, 1.165) is 57.8 Å². The first-order chi connectivity index (χ1) is 30.0. The number of ether oxygens (including phenoxy) is 3. The van der Waals surface area contributed by atoms with Gasteiger partial charge in [-0.25, -0.2) is 0 Å². The monoisotopic (exact) mass is 853 g/mol. The minimum absolute atomic E-state index is 0.105.